The summed E-state index contributed by atoms with van der Waals surface area (Å²) in [6.45, 7) is 4.07. The SMILES string of the molecule is Cc1ccc(S(=O)(=O)NCCC(=O)NCc2ccc(Cl)cc2)c(C)c1. The number of amides is 1. The summed E-state index contributed by atoms with van der Waals surface area (Å²) in [5.74, 6) is -0.224. The van der Waals surface area contributed by atoms with E-state index in [1.807, 2.05) is 25.1 Å². The van der Waals surface area contributed by atoms with Gasteiger partial charge in [0.1, 0.15) is 0 Å². The van der Waals surface area contributed by atoms with E-state index in [2.05, 4.69) is 10.0 Å². The molecule has 0 fully saturated rings. The number of benzene rings is 2. The van der Waals surface area contributed by atoms with Crippen LogP contribution in [0, 0.1) is 13.8 Å². The van der Waals surface area contributed by atoms with Gasteiger partial charge in [-0.1, -0.05) is 41.4 Å². The van der Waals surface area contributed by atoms with Gasteiger partial charge in [-0.3, -0.25) is 4.79 Å². The molecule has 0 saturated heterocycles. The fraction of sp³-hybridized carbons (Fsp3) is 0.278. The minimum atomic E-state index is -3.62. The number of hydrogen-bond donors (Lipinski definition) is 2. The summed E-state index contributed by atoms with van der Waals surface area (Å²) in [6.07, 6.45) is 0.0672. The largest absolute Gasteiger partial charge is 0.352 e. The van der Waals surface area contributed by atoms with Crippen molar-refractivity contribution in [3.05, 3.63) is 64.2 Å². The van der Waals surface area contributed by atoms with Crippen molar-refractivity contribution < 1.29 is 13.2 Å². The highest BCUT2D eigenvalue weighted by Crippen LogP contribution is 2.16. The first-order valence-corrected chi connectivity index (χ1v) is 9.72. The third kappa shape index (κ3) is 5.85. The molecule has 1 amide bonds. The first-order chi connectivity index (χ1) is 11.8. The maximum absolute atomic E-state index is 12.3. The molecule has 25 heavy (non-hydrogen) atoms. The van der Waals surface area contributed by atoms with Crippen LogP contribution < -0.4 is 10.0 Å². The normalized spacial score (nSPS) is 11.3. The highest BCUT2D eigenvalue weighted by Gasteiger charge is 2.16. The van der Waals surface area contributed by atoms with Gasteiger partial charge in [0.2, 0.25) is 15.9 Å². The zero-order valence-corrected chi connectivity index (χ0v) is 15.7. The molecule has 0 bridgehead atoms. The molecule has 2 aromatic carbocycles. The average molecular weight is 381 g/mol. The predicted molar refractivity (Wildman–Crippen MR) is 99.0 cm³/mol. The van der Waals surface area contributed by atoms with Gasteiger partial charge >= 0.3 is 0 Å². The van der Waals surface area contributed by atoms with Crippen LogP contribution in [-0.4, -0.2) is 20.9 Å². The second-order valence-corrected chi connectivity index (χ2v) is 7.99. The van der Waals surface area contributed by atoms with Crippen molar-refractivity contribution in [3.63, 3.8) is 0 Å². The molecule has 0 unspecified atom stereocenters. The second kappa shape index (κ2) is 8.47. The lowest BCUT2D eigenvalue weighted by Gasteiger charge is -2.10. The Balaban J connectivity index is 1.82. The molecule has 0 aliphatic carbocycles. The van der Waals surface area contributed by atoms with E-state index in [1.165, 1.54) is 0 Å². The Hall–Kier alpha value is -1.89. The molecule has 134 valence electrons. The highest BCUT2D eigenvalue weighted by atomic mass is 35.5. The van der Waals surface area contributed by atoms with Crippen LogP contribution in [0.15, 0.2) is 47.4 Å². The highest BCUT2D eigenvalue weighted by molar-refractivity contribution is 7.89. The summed E-state index contributed by atoms with van der Waals surface area (Å²) in [4.78, 5) is 12.1. The fourth-order valence-electron chi connectivity index (χ4n) is 2.37. The molecule has 5 nitrogen and oxygen atoms in total. The number of hydrogen-bond acceptors (Lipinski definition) is 3. The molecular weight excluding hydrogens is 360 g/mol. The Morgan fingerprint density at radius 1 is 1.08 bits per heavy atom. The van der Waals surface area contributed by atoms with Gasteiger partial charge in [0.05, 0.1) is 4.90 Å². The van der Waals surface area contributed by atoms with Gasteiger partial charge in [0.25, 0.3) is 0 Å². The third-order valence-electron chi connectivity index (χ3n) is 3.67. The molecule has 0 radical (unpaired) electrons. The number of nitrogens with one attached hydrogen (secondary N) is 2. The van der Waals surface area contributed by atoms with Crippen LogP contribution in [0.25, 0.3) is 0 Å². The van der Waals surface area contributed by atoms with E-state index in [9.17, 15) is 13.2 Å². The average Bonchev–Trinajstić information content (AvgIpc) is 2.53. The molecule has 2 N–H and O–H groups in total. The summed E-state index contributed by atoms with van der Waals surface area (Å²) in [5.41, 5.74) is 2.60. The van der Waals surface area contributed by atoms with E-state index in [0.29, 0.717) is 17.1 Å². The topological polar surface area (TPSA) is 75.3 Å². The Bertz CT molecular complexity index is 849. The van der Waals surface area contributed by atoms with Crippen LogP contribution >= 0.6 is 11.6 Å². The Kier molecular flexibility index (Phi) is 6.58. The molecular formula is C18H21ClN2O3S. The predicted octanol–water partition coefficient (Wildman–Crippen LogP) is 2.94. The molecule has 0 spiro atoms. The number of rotatable bonds is 7. The smallest absolute Gasteiger partial charge is 0.240 e. The maximum atomic E-state index is 12.3. The van der Waals surface area contributed by atoms with Crippen molar-refractivity contribution in [1.82, 2.24) is 10.0 Å². The number of sulfonamides is 1. The number of carbonyl (C=O) groups excluding carboxylic acids is 1. The monoisotopic (exact) mass is 380 g/mol. The molecule has 7 heteroatoms. The van der Waals surface area contributed by atoms with Crippen molar-refractivity contribution in [1.29, 1.82) is 0 Å². The summed E-state index contributed by atoms with van der Waals surface area (Å²) in [5, 5.41) is 3.38. The van der Waals surface area contributed by atoms with Crippen LogP contribution in [0.1, 0.15) is 23.1 Å². The summed E-state index contributed by atoms with van der Waals surface area (Å²) in [7, 11) is -3.62. The van der Waals surface area contributed by atoms with Crippen molar-refractivity contribution in [2.24, 2.45) is 0 Å². The zero-order valence-electron chi connectivity index (χ0n) is 14.2. The molecule has 0 saturated carbocycles. The van der Waals surface area contributed by atoms with Gasteiger partial charge in [-0.2, -0.15) is 0 Å². The molecule has 0 heterocycles. The quantitative estimate of drug-likeness (QED) is 0.775. The Morgan fingerprint density at radius 2 is 1.76 bits per heavy atom. The lowest BCUT2D eigenvalue weighted by molar-refractivity contribution is -0.121. The van der Waals surface area contributed by atoms with Gasteiger partial charge in [0, 0.05) is 24.5 Å². The van der Waals surface area contributed by atoms with Gasteiger partial charge < -0.3 is 5.32 Å². The minimum Gasteiger partial charge on any atom is -0.352 e. The van der Waals surface area contributed by atoms with E-state index in [0.717, 1.165) is 11.1 Å². The van der Waals surface area contributed by atoms with Crippen LogP contribution in [0.5, 0.6) is 0 Å². The van der Waals surface area contributed by atoms with E-state index in [1.54, 1.807) is 31.2 Å². The minimum absolute atomic E-state index is 0.0438. The number of aryl methyl sites for hydroxylation is 2. The molecule has 2 aromatic rings. The Morgan fingerprint density at radius 3 is 2.40 bits per heavy atom. The van der Waals surface area contributed by atoms with Crippen LogP contribution in [0.2, 0.25) is 5.02 Å². The van der Waals surface area contributed by atoms with Gasteiger partial charge in [0.15, 0.2) is 0 Å². The van der Waals surface area contributed by atoms with Crippen molar-refractivity contribution in [2.45, 2.75) is 31.7 Å². The third-order valence-corrected chi connectivity index (χ3v) is 5.54. The lowest BCUT2D eigenvalue weighted by atomic mass is 10.2. The molecule has 2 rings (SSSR count). The number of carbonyl (C=O) groups is 1. The molecule has 0 atom stereocenters. The molecule has 0 aromatic heterocycles. The number of halogens is 1. The van der Waals surface area contributed by atoms with E-state index >= 15 is 0 Å². The second-order valence-electron chi connectivity index (χ2n) is 5.82. The van der Waals surface area contributed by atoms with E-state index < -0.39 is 10.0 Å². The first kappa shape index (κ1) is 19.4. The standard InChI is InChI=1S/C18H21ClN2O3S/c1-13-3-8-17(14(2)11-13)25(23,24)21-10-9-18(22)20-12-15-4-6-16(19)7-5-15/h3-8,11,21H,9-10,12H2,1-2H3,(H,20,22). The van der Waals surface area contributed by atoms with Crippen molar-refractivity contribution in [3.8, 4) is 0 Å². The van der Waals surface area contributed by atoms with Crippen LogP contribution in [0.4, 0.5) is 0 Å². The first-order valence-electron chi connectivity index (χ1n) is 7.86. The van der Waals surface area contributed by atoms with Gasteiger partial charge in [-0.05, 0) is 43.2 Å². The Labute approximate surface area is 153 Å². The van der Waals surface area contributed by atoms with Gasteiger partial charge in [-0.15, -0.1) is 0 Å². The summed E-state index contributed by atoms with van der Waals surface area (Å²) >= 11 is 5.80. The molecule has 0 aliphatic heterocycles. The summed E-state index contributed by atoms with van der Waals surface area (Å²) < 4.78 is 27.1. The lowest BCUT2D eigenvalue weighted by Crippen LogP contribution is -2.30. The van der Waals surface area contributed by atoms with Crippen LogP contribution in [0.3, 0.4) is 0 Å². The van der Waals surface area contributed by atoms with E-state index in [4.69, 9.17) is 11.6 Å². The van der Waals surface area contributed by atoms with E-state index in [-0.39, 0.29) is 23.8 Å². The molecule has 0 aliphatic rings. The zero-order chi connectivity index (χ0) is 18.4. The summed E-state index contributed by atoms with van der Waals surface area (Å²) in [6, 6.07) is 12.3. The fourth-order valence-corrected chi connectivity index (χ4v) is 3.75. The maximum Gasteiger partial charge on any atom is 0.240 e. The van der Waals surface area contributed by atoms with Crippen molar-refractivity contribution in [2.75, 3.05) is 6.54 Å². The van der Waals surface area contributed by atoms with Crippen LogP contribution in [-0.2, 0) is 21.4 Å². The van der Waals surface area contributed by atoms with Crippen molar-refractivity contribution >= 4 is 27.5 Å². The van der Waals surface area contributed by atoms with Gasteiger partial charge in [-0.25, -0.2) is 13.1 Å².